The van der Waals surface area contributed by atoms with Gasteiger partial charge in [0.25, 0.3) is 0 Å². The van der Waals surface area contributed by atoms with Gasteiger partial charge in [0, 0.05) is 19.6 Å². The van der Waals surface area contributed by atoms with E-state index in [0.717, 1.165) is 0 Å². The van der Waals surface area contributed by atoms with Crippen molar-refractivity contribution >= 4 is 52.0 Å². The normalized spacial score (nSPS) is 14.8. The summed E-state index contributed by atoms with van der Waals surface area (Å²) in [5, 5.41) is 3.93. The lowest BCUT2D eigenvalue weighted by Gasteiger charge is -2.38. The molecule has 6 rings (SSSR count). The Morgan fingerprint density at radius 3 is 1.32 bits per heavy atom. The molecule has 0 atom stereocenters. The van der Waals surface area contributed by atoms with Crippen molar-refractivity contribution in [3.63, 3.8) is 0 Å². The summed E-state index contributed by atoms with van der Waals surface area (Å²) in [6, 6.07) is 26.0. The Kier molecular flexibility index (Phi) is 7.34. The van der Waals surface area contributed by atoms with Gasteiger partial charge in [0.1, 0.15) is 0 Å². The number of rotatable bonds is 1. The first kappa shape index (κ1) is 31.2. The highest BCUT2D eigenvalue weighted by Crippen LogP contribution is 2.58. The van der Waals surface area contributed by atoms with Gasteiger partial charge in [-0.1, -0.05) is 125 Å². The highest BCUT2D eigenvalue weighted by molar-refractivity contribution is 8.00. The summed E-state index contributed by atoms with van der Waals surface area (Å²) in [6.45, 7) is 27.7. The van der Waals surface area contributed by atoms with Crippen molar-refractivity contribution in [2.75, 3.05) is 10.2 Å². The molecule has 2 aliphatic heterocycles. The quantitative estimate of drug-likeness (QED) is 0.197. The number of nitrogens with zero attached hydrogens (tertiary/aromatic N) is 1. The van der Waals surface area contributed by atoms with E-state index in [2.05, 4.69) is 160 Å². The van der Waals surface area contributed by atoms with Crippen LogP contribution in [0.4, 0.5) is 28.4 Å². The van der Waals surface area contributed by atoms with E-state index in [0.29, 0.717) is 0 Å². The van der Waals surface area contributed by atoms with Crippen LogP contribution in [-0.2, 0) is 21.7 Å². The van der Waals surface area contributed by atoms with Crippen LogP contribution < -0.4 is 10.2 Å². The van der Waals surface area contributed by atoms with Gasteiger partial charge in [-0.2, -0.15) is 0 Å². The monoisotopic (exact) mass is 620 g/mol. The zero-order valence-corrected chi connectivity index (χ0v) is 30.2. The van der Waals surface area contributed by atoms with E-state index in [-0.39, 0.29) is 21.7 Å². The molecule has 0 unspecified atom stereocenters. The second kappa shape index (κ2) is 10.4. The minimum Gasteiger partial charge on any atom is -0.352 e. The Morgan fingerprint density at radius 1 is 0.432 bits per heavy atom. The van der Waals surface area contributed by atoms with Gasteiger partial charge in [-0.25, -0.2) is 0 Å². The van der Waals surface area contributed by atoms with Gasteiger partial charge >= 0.3 is 0 Å². The molecule has 4 aromatic carbocycles. The SMILES string of the molecule is CC(C)(C)c1ccc2c(c1)Sc1cc(C(C)(C)C)cc(N3c4ccc(C(C)(C)C)cc4Sc4cc(C(C)(C)C)ccc43)c1N2. The first-order chi connectivity index (χ1) is 20.3. The van der Waals surface area contributed by atoms with Crippen molar-refractivity contribution in [2.24, 2.45) is 0 Å². The van der Waals surface area contributed by atoms with E-state index in [1.165, 1.54) is 70.3 Å². The first-order valence-corrected chi connectivity index (χ1v) is 17.5. The second-order valence-electron chi connectivity index (χ2n) is 16.6. The topological polar surface area (TPSA) is 15.3 Å². The molecule has 0 amide bonds. The minimum absolute atomic E-state index is 0.000254. The number of benzene rings is 4. The predicted molar refractivity (Wildman–Crippen MR) is 194 cm³/mol. The maximum Gasteiger partial charge on any atom is 0.0771 e. The summed E-state index contributed by atoms with van der Waals surface area (Å²) in [4.78, 5) is 7.72. The van der Waals surface area contributed by atoms with Crippen LogP contribution in [0, 0.1) is 0 Å². The highest BCUT2D eigenvalue weighted by Gasteiger charge is 2.33. The lowest BCUT2D eigenvalue weighted by atomic mass is 9.85. The van der Waals surface area contributed by atoms with Gasteiger partial charge in [-0.3, -0.25) is 0 Å². The molecule has 4 aromatic rings. The van der Waals surface area contributed by atoms with E-state index in [9.17, 15) is 0 Å². The largest absolute Gasteiger partial charge is 0.352 e. The molecule has 2 aliphatic rings. The van der Waals surface area contributed by atoms with Crippen molar-refractivity contribution in [1.29, 1.82) is 0 Å². The summed E-state index contributed by atoms with van der Waals surface area (Å²) in [5.74, 6) is 0. The summed E-state index contributed by atoms with van der Waals surface area (Å²) in [6.07, 6.45) is 0. The van der Waals surface area contributed by atoms with Gasteiger partial charge in [0.05, 0.1) is 28.4 Å². The minimum atomic E-state index is 0.000254. The lowest BCUT2D eigenvalue weighted by Crippen LogP contribution is -2.21. The van der Waals surface area contributed by atoms with Gasteiger partial charge in [-0.05, 0) is 92.4 Å². The molecule has 230 valence electrons. The molecule has 0 fully saturated rings. The summed E-state index contributed by atoms with van der Waals surface area (Å²) < 4.78 is 0. The third kappa shape index (κ3) is 5.69. The Labute approximate surface area is 274 Å². The predicted octanol–water partition coefficient (Wildman–Crippen LogP) is 13.0. The number of anilines is 5. The molecule has 0 spiro atoms. The molecule has 0 bridgehead atoms. The van der Waals surface area contributed by atoms with Crippen LogP contribution in [0.1, 0.15) is 105 Å². The highest BCUT2D eigenvalue weighted by atomic mass is 32.2. The fraction of sp³-hybridized carbons (Fsp3) is 0.400. The molecular formula is C40H48N2S2. The zero-order valence-electron chi connectivity index (χ0n) is 28.6. The van der Waals surface area contributed by atoms with Crippen molar-refractivity contribution in [2.45, 2.75) is 124 Å². The Hall–Kier alpha value is -2.82. The fourth-order valence-electron chi connectivity index (χ4n) is 5.85. The van der Waals surface area contributed by atoms with Crippen molar-refractivity contribution in [1.82, 2.24) is 0 Å². The Balaban J connectivity index is 1.60. The molecule has 0 aliphatic carbocycles. The third-order valence-corrected chi connectivity index (χ3v) is 11.1. The van der Waals surface area contributed by atoms with Crippen LogP contribution in [0.25, 0.3) is 0 Å². The van der Waals surface area contributed by atoms with Gasteiger partial charge in [-0.15, -0.1) is 0 Å². The average Bonchev–Trinajstić information content (AvgIpc) is 2.91. The second-order valence-corrected chi connectivity index (χ2v) is 18.8. The third-order valence-electron chi connectivity index (χ3n) is 8.87. The first-order valence-electron chi connectivity index (χ1n) is 15.9. The molecule has 0 saturated heterocycles. The van der Waals surface area contributed by atoms with E-state index >= 15 is 0 Å². The maximum atomic E-state index is 3.93. The van der Waals surface area contributed by atoms with E-state index in [1.807, 2.05) is 23.5 Å². The van der Waals surface area contributed by atoms with Crippen LogP contribution >= 0.6 is 23.5 Å². The summed E-state index contributed by atoms with van der Waals surface area (Å²) >= 11 is 3.81. The van der Waals surface area contributed by atoms with Gasteiger partial charge < -0.3 is 10.2 Å². The molecule has 2 nitrogen and oxygen atoms in total. The Morgan fingerprint density at radius 2 is 0.841 bits per heavy atom. The number of hydrogen-bond donors (Lipinski definition) is 1. The van der Waals surface area contributed by atoms with Gasteiger partial charge in [0.15, 0.2) is 0 Å². The standard InChI is InChI=1S/C40H48N2S2/c1-37(2,3)24-13-16-28-32(20-24)43-35-23-27(40(10,11)12)19-31(36(35)41-28)42-29-17-14-25(38(4,5)6)21-33(29)44-34-22-26(39(7,8)9)15-18-30(34)42/h13-23,41H,1-12H3. The average molecular weight is 621 g/mol. The van der Waals surface area contributed by atoms with Crippen LogP contribution in [-0.4, -0.2) is 0 Å². The van der Waals surface area contributed by atoms with Crippen LogP contribution in [0.15, 0.2) is 86.3 Å². The maximum absolute atomic E-state index is 3.93. The molecular weight excluding hydrogens is 573 g/mol. The van der Waals surface area contributed by atoms with Crippen molar-refractivity contribution in [3.05, 3.63) is 89.0 Å². The van der Waals surface area contributed by atoms with Crippen LogP contribution in [0.2, 0.25) is 0 Å². The van der Waals surface area contributed by atoms with E-state index in [4.69, 9.17) is 0 Å². The summed E-state index contributed by atoms with van der Waals surface area (Å²) in [5.41, 5.74) is 11.7. The molecule has 0 aromatic heterocycles. The van der Waals surface area contributed by atoms with E-state index in [1.54, 1.807) is 0 Å². The number of nitrogens with one attached hydrogen (secondary N) is 1. The number of fused-ring (bicyclic) bond motifs is 4. The van der Waals surface area contributed by atoms with E-state index < -0.39 is 0 Å². The van der Waals surface area contributed by atoms with Gasteiger partial charge in [0.2, 0.25) is 0 Å². The molecule has 2 heterocycles. The molecule has 0 radical (unpaired) electrons. The summed E-state index contributed by atoms with van der Waals surface area (Å²) in [7, 11) is 0. The van der Waals surface area contributed by atoms with Crippen molar-refractivity contribution < 1.29 is 0 Å². The molecule has 0 saturated carbocycles. The zero-order chi connectivity index (χ0) is 32.0. The smallest absolute Gasteiger partial charge is 0.0771 e. The lowest BCUT2D eigenvalue weighted by molar-refractivity contribution is 0.587. The molecule has 1 N–H and O–H groups in total. The number of hydrogen-bond acceptors (Lipinski definition) is 4. The Bertz CT molecular complexity index is 1710. The van der Waals surface area contributed by atoms with Crippen LogP contribution in [0.3, 0.4) is 0 Å². The fourth-order valence-corrected chi connectivity index (χ4v) is 8.08. The molecule has 4 heteroatoms. The van der Waals surface area contributed by atoms with Crippen LogP contribution in [0.5, 0.6) is 0 Å². The molecule has 44 heavy (non-hydrogen) atoms. The van der Waals surface area contributed by atoms with Crippen molar-refractivity contribution in [3.8, 4) is 0 Å².